The molecule has 2 heterocycles. The quantitative estimate of drug-likeness (QED) is 0.641. The lowest BCUT2D eigenvalue weighted by molar-refractivity contribution is -0.122. The maximum Gasteiger partial charge on any atom is 0.220 e. The molecule has 1 unspecified atom stereocenters. The van der Waals surface area contributed by atoms with Crippen molar-refractivity contribution in [2.75, 3.05) is 7.11 Å². The number of halogens is 1. The molecule has 0 radical (unpaired) electrons. The third-order valence-electron chi connectivity index (χ3n) is 6.15. The number of aryl methyl sites for hydroxylation is 2. The van der Waals surface area contributed by atoms with Crippen LogP contribution in [0, 0.1) is 19.7 Å². The zero-order valence-corrected chi connectivity index (χ0v) is 18.7. The van der Waals surface area contributed by atoms with Gasteiger partial charge in [-0.15, -0.1) is 0 Å². The maximum absolute atomic E-state index is 14.5. The van der Waals surface area contributed by atoms with Gasteiger partial charge >= 0.3 is 0 Å². The Hall–Kier alpha value is -2.90. The van der Waals surface area contributed by atoms with Crippen molar-refractivity contribution in [2.45, 2.75) is 71.5 Å². The number of amides is 2. The molecule has 168 valence electrons. The van der Waals surface area contributed by atoms with Gasteiger partial charge in [-0.25, -0.2) is 4.39 Å². The highest BCUT2D eigenvalue weighted by molar-refractivity contribution is 5.80. The van der Waals surface area contributed by atoms with Crippen LogP contribution in [0.5, 0.6) is 5.75 Å². The van der Waals surface area contributed by atoms with E-state index in [1.165, 1.54) is 13.2 Å². The zero-order valence-electron chi connectivity index (χ0n) is 18.7. The lowest BCUT2D eigenvalue weighted by atomic mass is 9.84. The second-order valence-electron chi connectivity index (χ2n) is 8.20. The zero-order chi connectivity index (χ0) is 22.6. The Morgan fingerprint density at radius 3 is 2.74 bits per heavy atom. The van der Waals surface area contributed by atoms with Crippen LogP contribution in [0.15, 0.2) is 18.2 Å². The monoisotopic (exact) mass is 430 g/mol. The highest BCUT2D eigenvalue weighted by Crippen LogP contribution is 2.31. The molecule has 1 saturated heterocycles. The average molecular weight is 431 g/mol. The molecule has 31 heavy (non-hydrogen) atoms. The molecule has 0 aliphatic carbocycles. The van der Waals surface area contributed by atoms with E-state index in [2.05, 4.69) is 15.7 Å². The molecule has 1 aromatic carbocycles. The summed E-state index contributed by atoms with van der Waals surface area (Å²) in [6.45, 7) is 7.17. The molecule has 0 bridgehead atoms. The van der Waals surface area contributed by atoms with Crippen LogP contribution in [0.25, 0.3) is 0 Å². The van der Waals surface area contributed by atoms with Crippen LogP contribution in [0.2, 0.25) is 0 Å². The molecule has 7 nitrogen and oxygen atoms in total. The van der Waals surface area contributed by atoms with Gasteiger partial charge < -0.3 is 15.4 Å². The van der Waals surface area contributed by atoms with E-state index in [0.29, 0.717) is 43.5 Å². The van der Waals surface area contributed by atoms with E-state index >= 15 is 0 Å². The van der Waals surface area contributed by atoms with E-state index in [-0.39, 0.29) is 24.1 Å². The second kappa shape index (κ2) is 9.49. The van der Waals surface area contributed by atoms with Crippen LogP contribution in [0.3, 0.4) is 0 Å². The van der Waals surface area contributed by atoms with Crippen molar-refractivity contribution in [2.24, 2.45) is 0 Å². The molecule has 2 N–H and O–H groups in total. The Bertz CT molecular complexity index is 972. The number of hydrogen-bond donors (Lipinski definition) is 2. The molecule has 1 atom stereocenters. The Balaban J connectivity index is 1.63. The highest BCUT2D eigenvalue weighted by Gasteiger charge is 2.38. The first-order chi connectivity index (χ1) is 14.8. The number of ether oxygens (including phenoxy) is 1. The summed E-state index contributed by atoms with van der Waals surface area (Å²) in [6.07, 6.45) is 1.99. The molecule has 1 fully saturated rings. The van der Waals surface area contributed by atoms with Gasteiger partial charge in [0.1, 0.15) is 11.6 Å². The third-order valence-corrected chi connectivity index (χ3v) is 6.15. The predicted molar refractivity (Wildman–Crippen MR) is 115 cm³/mol. The summed E-state index contributed by atoms with van der Waals surface area (Å²) >= 11 is 0. The van der Waals surface area contributed by atoms with E-state index in [1.54, 1.807) is 12.1 Å². The minimum atomic E-state index is -0.622. The molecule has 8 heteroatoms. The third kappa shape index (κ3) is 5.24. The van der Waals surface area contributed by atoms with Gasteiger partial charge in [0.25, 0.3) is 0 Å². The van der Waals surface area contributed by atoms with E-state index in [4.69, 9.17) is 4.74 Å². The van der Waals surface area contributed by atoms with Gasteiger partial charge in [-0.05, 0) is 51.7 Å². The smallest absolute Gasteiger partial charge is 0.220 e. The van der Waals surface area contributed by atoms with Crippen LogP contribution in [0.4, 0.5) is 4.39 Å². The van der Waals surface area contributed by atoms with Crippen LogP contribution in [-0.4, -0.2) is 34.2 Å². The van der Waals surface area contributed by atoms with Crippen molar-refractivity contribution >= 4 is 11.8 Å². The van der Waals surface area contributed by atoms with Crippen molar-refractivity contribution in [3.8, 4) is 5.75 Å². The Morgan fingerprint density at radius 2 is 2.16 bits per heavy atom. The molecule has 1 aliphatic rings. The summed E-state index contributed by atoms with van der Waals surface area (Å²) in [4.78, 5) is 24.5. The fourth-order valence-electron chi connectivity index (χ4n) is 4.27. The van der Waals surface area contributed by atoms with Gasteiger partial charge in [0.2, 0.25) is 11.8 Å². The van der Waals surface area contributed by atoms with Gasteiger partial charge in [-0.2, -0.15) is 5.10 Å². The van der Waals surface area contributed by atoms with Crippen molar-refractivity contribution in [1.29, 1.82) is 0 Å². The van der Waals surface area contributed by atoms with Crippen LogP contribution in [-0.2, 0) is 29.1 Å². The molecule has 3 rings (SSSR count). The summed E-state index contributed by atoms with van der Waals surface area (Å²) in [7, 11) is 1.49. The molecule has 0 saturated carbocycles. The maximum atomic E-state index is 14.5. The number of carbonyl (C=O) groups excluding carboxylic acids is 2. The number of methoxy groups -OCH3 is 1. The SMILES string of the molecule is CCn1nc(C)c(CNC(=O)CCC2(Cc3ccc(OC)cc3F)CCC(=O)N2)c1C. The first kappa shape index (κ1) is 22.8. The first-order valence-corrected chi connectivity index (χ1v) is 10.7. The summed E-state index contributed by atoms with van der Waals surface area (Å²) in [6, 6.07) is 4.72. The molecule has 1 aromatic heterocycles. The van der Waals surface area contributed by atoms with Gasteiger partial charge in [0, 0.05) is 48.8 Å². The van der Waals surface area contributed by atoms with E-state index in [1.807, 2.05) is 25.5 Å². The van der Waals surface area contributed by atoms with Crippen molar-refractivity contribution in [1.82, 2.24) is 20.4 Å². The molecular weight excluding hydrogens is 399 g/mol. The number of carbonyl (C=O) groups is 2. The van der Waals surface area contributed by atoms with Crippen molar-refractivity contribution in [3.63, 3.8) is 0 Å². The number of nitrogens with one attached hydrogen (secondary N) is 2. The lowest BCUT2D eigenvalue weighted by Crippen LogP contribution is -2.44. The average Bonchev–Trinajstić information content (AvgIpc) is 3.25. The van der Waals surface area contributed by atoms with Crippen LogP contribution in [0.1, 0.15) is 55.1 Å². The predicted octanol–water partition coefficient (Wildman–Crippen LogP) is 2.96. The van der Waals surface area contributed by atoms with Gasteiger partial charge in [-0.3, -0.25) is 14.3 Å². The summed E-state index contributed by atoms with van der Waals surface area (Å²) < 4.78 is 21.5. The largest absolute Gasteiger partial charge is 0.497 e. The van der Waals surface area contributed by atoms with Crippen molar-refractivity contribution in [3.05, 3.63) is 46.5 Å². The minimum Gasteiger partial charge on any atom is -0.497 e. The number of aromatic nitrogens is 2. The molecule has 0 spiro atoms. The highest BCUT2D eigenvalue weighted by atomic mass is 19.1. The Morgan fingerprint density at radius 1 is 1.39 bits per heavy atom. The molecule has 2 aromatic rings. The van der Waals surface area contributed by atoms with Gasteiger partial charge in [0.05, 0.1) is 12.8 Å². The van der Waals surface area contributed by atoms with E-state index in [9.17, 15) is 14.0 Å². The van der Waals surface area contributed by atoms with Crippen LogP contribution >= 0.6 is 0 Å². The fraction of sp³-hybridized carbons (Fsp3) is 0.522. The molecule has 2 amide bonds. The number of benzene rings is 1. The fourth-order valence-corrected chi connectivity index (χ4v) is 4.27. The number of nitrogens with zero attached hydrogens (tertiary/aromatic N) is 2. The summed E-state index contributed by atoms with van der Waals surface area (Å²) in [5.74, 6) is -0.0864. The lowest BCUT2D eigenvalue weighted by Gasteiger charge is -2.29. The van der Waals surface area contributed by atoms with Gasteiger partial charge in [0.15, 0.2) is 0 Å². The first-order valence-electron chi connectivity index (χ1n) is 10.7. The van der Waals surface area contributed by atoms with Crippen molar-refractivity contribution < 1.29 is 18.7 Å². The van der Waals surface area contributed by atoms with E-state index in [0.717, 1.165) is 23.5 Å². The molecular formula is C23H31FN4O3. The number of hydrogen-bond acceptors (Lipinski definition) is 4. The Kier molecular flexibility index (Phi) is 6.97. The molecule has 1 aliphatic heterocycles. The normalized spacial score (nSPS) is 18.2. The van der Waals surface area contributed by atoms with Gasteiger partial charge in [-0.1, -0.05) is 6.07 Å². The minimum absolute atomic E-state index is 0.0624. The second-order valence-corrected chi connectivity index (χ2v) is 8.20. The standard InChI is InChI=1S/C23H31FN4O3/c1-5-28-16(3)19(15(2)27-28)14-25-21(29)8-10-23(11-9-22(30)26-23)13-17-6-7-18(31-4)12-20(17)24/h6-7,12H,5,8-11,13-14H2,1-4H3,(H,25,29)(H,26,30). The number of rotatable bonds is 9. The topological polar surface area (TPSA) is 85.2 Å². The Labute approximate surface area is 182 Å². The van der Waals surface area contributed by atoms with E-state index < -0.39 is 5.54 Å². The summed E-state index contributed by atoms with van der Waals surface area (Å²) in [5.41, 5.74) is 2.87. The van der Waals surface area contributed by atoms with Crippen LogP contribution < -0.4 is 15.4 Å². The summed E-state index contributed by atoms with van der Waals surface area (Å²) in [5, 5.41) is 10.4.